The van der Waals surface area contributed by atoms with Gasteiger partial charge in [0.1, 0.15) is 13.0 Å². The van der Waals surface area contributed by atoms with E-state index >= 15 is 0 Å². The number of hydrogen-bond acceptors (Lipinski definition) is 7. The van der Waals surface area contributed by atoms with E-state index in [0.29, 0.717) is 24.5 Å². The molecule has 0 amide bonds. The van der Waals surface area contributed by atoms with Gasteiger partial charge in [0.15, 0.2) is 4.96 Å². The lowest BCUT2D eigenvalue weighted by atomic mass is 10.1. The molecule has 1 aliphatic heterocycles. The summed E-state index contributed by atoms with van der Waals surface area (Å²) in [6.07, 6.45) is 3.60. The van der Waals surface area contributed by atoms with E-state index in [-0.39, 0.29) is 10.6 Å². The van der Waals surface area contributed by atoms with Crippen LogP contribution in [0.25, 0.3) is 16.2 Å². The predicted molar refractivity (Wildman–Crippen MR) is 87.2 cm³/mol. The number of imidazole rings is 1. The van der Waals surface area contributed by atoms with Gasteiger partial charge in [-0.05, 0) is 6.07 Å². The molecule has 3 aromatic rings. The first-order chi connectivity index (χ1) is 11.2. The highest BCUT2D eigenvalue weighted by Gasteiger charge is 2.18. The van der Waals surface area contributed by atoms with Crippen LogP contribution < -0.4 is 5.43 Å². The smallest absolute Gasteiger partial charge is 0.278 e. The van der Waals surface area contributed by atoms with Gasteiger partial charge in [0.2, 0.25) is 0 Å². The van der Waals surface area contributed by atoms with Crippen molar-refractivity contribution in [2.75, 3.05) is 6.67 Å². The zero-order valence-electron chi connectivity index (χ0n) is 11.9. The number of aromatic nitrogens is 2. The minimum atomic E-state index is -0.381. The highest BCUT2D eigenvalue weighted by Crippen LogP contribution is 2.30. The highest BCUT2D eigenvalue weighted by atomic mass is 32.1. The first kappa shape index (κ1) is 13.9. The summed E-state index contributed by atoms with van der Waals surface area (Å²) < 4.78 is 1.96. The molecule has 23 heavy (non-hydrogen) atoms. The van der Waals surface area contributed by atoms with Gasteiger partial charge in [-0.25, -0.2) is 10.4 Å². The van der Waals surface area contributed by atoms with Gasteiger partial charge in [0, 0.05) is 17.6 Å². The van der Waals surface area contributed by atoms with Crippen molar-refractivity contribution in [1.82, 2.24) is 19.8 Å². The van der Waals surface area contributed by atoms with Crippen LogP contribution in [0, 0.1) is 10.1 Å². The van der Waals surface area contributed by atoms with Crippen molar-refractivity contribution < 1.29 is 4.92 Å². The Morgan fingerprint density at radius 3 is 3.04 bits per heavy atom. The third kappa shape index (κ3) is 2.45. The number of thiazole rings is 1. The van der Waals surface area contributed by atoms with Crippen molar-refractivity contribution in [3.8, 4) is 11.3 Å². The zero-order chi connectivity index (χ0) is 15.8. The van der Waals surface area contributed by atoms with E-state index in [1.165, 1.54) is 17.4 Å². The zero-order valence-corrected chi connectivity index (χ0v) is 12.7. The van der Waals surface area contributed by atoms with Crippen molar-refractivity contribution >= 4 is 28.3 Å². The van der Waals surface area contributed by atoms with Crippen LogP contribution in [0.2, 0.25) is 0 Å². The molecule has 1 aliphatic rings. The number of nitro groups is 1. The van der Waals surface area contributed by atoms with E-state index in [0.717, 1.165) is 10.7 Å². The van der Waals surface area contributed by atoms with Gasteiger partial charge in [-0.15, -0.1) is 11.3 Å². The fraction of sp³-hybridized carbons (Fsp3) is 0.143. The van der Waals surface area contributed by atoms with E-state index < -0.39 is 0 Å². The Morgan fingerprint density at radius 1 is 1.39 bits per heavy atom. The number of fused-ring (bicyclic) bond motifs is 1. The van der Waals surface area contributed by atoms with Crippen LogP contribution in [0.4, 0.5) is 5.69 Å². The minimum absolute atomic E-state index is 0.0631. The molecule has 0 saturated heterocycles. The van der Waals surface area contributed by atoms with Gasteiger partial charge in [-0.2, -0.15) is 0 Å². The number of nitrogens with zero attached hydrogens (tertiary/aromatic N) is 5. The molecule has 4 rings (SSSR count). The fourth-order valence-corrected chi connectivity index (χ4v) is 3.37. The van der Waals surface area contributed by atoms with Crippen LogP contribution in [0.1, 0.15) is 5.69 Å². The van der Waals surface area contributed by atoms with Crippen molar-refractivity contribution in [3.63, 3.8) is 0 Å². The van der Waals surface area contributed by atoms with E-state index in [1.54, 1.807) is 24.5 Å². The Hall–Kier alpha value is -2.78. The van der Waals surface area contributed by atoms with E-state index in [4.69, 9.17) is 0 Å². The molecule has 0 atom stereocenters. The van der Waals surface area contributed by atoms with Crippen LogP contribution in [0.5, 0.6) is 0 Å². The molecule has 2 aromatic heterocycles. The topological polar surface area (TPSA) is 88.1 Å². The SMILES string of the molecule is O=[N+]([O-])c1ccccc1-c1cn2c(CN3C=NCN3)csc2n1. The van der Waals surface area contributed by atoms with Gasteiger partial charge < -0.3 is 0 Å². The molecule has 1 aromatic carbocycles. The van der Waals surface area contributed by atoms with Gasteiger partial charge >= 0.3 is 0 Å². The molecule has 0 bridgehead atoms. The maximum atomic E-state index is 11.2. The Labute approximate surface area is 134 Å². The van der Waals surface area contributed by atoms with Crippen LogP contribution in [0.3, 0.4) is 0 Å². The Bertz CT molecular complexity index is 915. The molecule has 8 nitrogen and oxygen atoms in total. The summed E-state index contributed by atoms with van der Waals surface area (Å²) in [5, 5.41) is 15.1. The summed E-state index contributed by atoms with van der Waals surface area (Å²) in [6.45, 7) is 1.23. The molecule has 116 valence electrons. The van der Waals surface area contributed by atoms with Gasteiger partial charge in [-0.1, -0.05) is 12.1 Å². The molecule has 0 unspecified atom stereocenters. The average Bonchev–Trinajstić information content (AvgIpc) is 3.26. The number of aliphatic imine (C=N–C) groups is 1. The van der Waals surface area contributed by atoms with E-state index in [1.807, 2.05) is 21.0 Å². The quantitative estimate of drug-likeness (QED) is 0.586. The van der Waals surface area contributed by atoms with Crippen molar-refractivity contribution in [3.05, 3.63) is 51.7 Å². The highest BCUT2D eigenvalue weighted by molar-refractivity contribution is 7.15. The molecule has 0 radical (unpaired) electrons. The Balaban J connectivity index is 1.74. The molecule has 0 fully saturated rings. The third-order valence-electron chi connectivity index (χ3n) is 3.58. The summed E-state index contributed by atoms with van der Waals surface area (Å²) in [5.41, 5.74) is 5.36. The normalized spacial score (nSPS) is 14.0. The lowest BCUT2D eigenvalue weighted by Crippen LogP contribution is -2.31. The lowest BCUT2D eigenvalue weighted by molar-refractivity contribution is -0.384. The monoisotopic (exact) mass is 328 g/mol. The Kier molecular flexibility index (Phi) is 3.28. The first-order valence-corrected chi connectivity index (χ1v) is 7.80. The number of benzene rings is 1. The summed E-state index contributed by atoms with van der Waals surface area (Å²) in [5.74, 6) is 0. The molecule has 1 N–H and O–H groups in total. The first-order valence-electron chi connectivity index (χ1n) is 6.92. The van der Waals surface area contributed by atoms with Crippen LogP contribution in [-0.2, 0) is 6.54 Å². The molecule has 3 heterocycles. The van der Waals surface area contributed by atoms with Crippen LogP contribution in [-0.4, -0.2) is 32.3 Å². The van der Waals surface area contributed by atoms with Crippen LogP contribution in [0.15, 0.2) is 40.8 Å². The van der Waals surface area contributed by atoms with Crippen molar-refractivity contribution in [2.45, 2.75) is 6.54 Å². The predicted octanol–water partition coefficient (Wildman–Crippen LogP) is 2.28. The number of para-hydroxylation sites is 1. The van der Waals surface area contributed by atoms with Crippen molar-refractivity contribution in [2.24, 2.45) is 4.99 Å². The second-order valence-corrected chi connectivity index (χ2v) is 5.86. The summed E-state index contributed by atoms with van der Waals surface area (Å²) >= 11 is 1.51. The minimum Gasteiger partial charge on any atom is -0.292 e. The summed E-state index contributed by atoms with van der Waals surface area (Å²) in [4.78, 5) is 20.2. The molecular weight excluding hydrogens is 316 g/mol. The standard InChI is InChI=1S/C14H12N6O2S/c21-20(22)13-4-2-1-3-11(13)12-6-19-10(7-23-14(19)17-12)5-18-9-15-8-16-18/h1-4,6-7,9,16H,5,8H2. The van der Waals surface area contributed by atoms with Gasteiger partial charge in [0.25, 0.3) is 5.69 Å². The molecule has 0 saturated carbocycles. The molecular formula is C14H12N6O2S. The second-order valence-electron chi connectivity index (χ2n) is 5.02. The number of rotatable bonds is 4. The van der Waals surface area contributed by atoms with E-state index in [2.05, 4.69) is 15.4 Å². The maximum Gasteiger partial charge on any atom is 0.278 e. The largest absolute Gasteiger partial charge is 0.292 e. The molecule has 0 spiro atoms. The number of nitrogens with one attached hydrogen (secondary N) is 1. The number of hydrazine groups is 1. The fourth-order valence-electron chi connectivity index (χ4n) is 2.51. The average molecular weight is 328 g/mol. The van der Waals surface area contributed by atoms with Crippen molar-refractivity contribution in [1.29, 1.82) is 0 Å². The summed E-state index contributed by atoms with van der Waals surface area (Å²) in [7, 11) is 0. The maximum absolute atomic E-state index is 11.2. The third-order valence-corrected chi connectivity index (χ3v) is 4.47. The molecule has 9 heteroatoms. The molecule has 0 aliphatic carbocycles. The lowest BCUT2D eigenvalue weighted by Gasteiger charge is -2.12. The number of nitro benzene ring substituents is 1. The van der Waals surface area contributed by atoms with Gasteiger partial charge in [0.05, 0.1) is 28.4 Å². The van der Waals surface area contributed by atoms with E-state index in [9.17, 15) is 10.1 Å². The van der Waals surface area contributed by atoms with Crippen LogP contribution >= 0.6 is 11.3 Å². The van der Waals surface area contributed by atoms with Gasteiger partial charge in [-0.3, -0.25) is 24.5 Å². The number of hydrogen-bond donors (Lipinski definition) is 1. The Morgan fingerprint density at radius 2 is 2.26 bits per heavy atom. The second kappa shape index (κ2) is 5.45. The summed E-state index contributed by atoms with van der Waals surface area (Å²) in [6, 6.07) is 6.65.